The van der Waals surface area contributed by atoms with E-state index < -0.39 is 15.4 Å². The second kappa shape index (κ2) is 6.46. The Bertz CT molecular complexity index is 862. The van der Waals surface area contributed by atoms with Crippen LogP contribution in [0.25, 0.3) is 0 Å². The summed E-state index contributed by atoms with van der Waals surface area (Å²) in [6, 6.07) is 7.64. The van der Waals surface area contributed by atoms with Crippen LogP contribution in [-0.2, 0) is 14.8 Å². The molecule has 1 aromatic carbocycles. The summed E-state index contributed by atoms with van der Waals surface area (Å²) in [4.78, 5) is 14.9. The van der Waals surface area contributed by atoms with Gasteiger partial charge in [0.05, 0.1) is 5.75 Å². The van der Waals surface area contributed by atoms with Crippen molar-refractivity contribution in [3.63, 3.8) is 0 Å². The number of benzene rings is 1. The summed E-state index contributed by atoms with van der Waals surface area (Å²) in [5.41, 5.74) is 0.101. The zero-order valence-electron chi connectivity index (χ0n) is 15.9. The molecule has 5 nitrogen and oxygen atoms in total. The lowest BCUT2D eigenvalue weighted by atomic mass is 9.70. The Balaban J connectivity index is 1.47. The molecular weight excluding hydrogens is 384 g/mol. The highest BCUT2D eigenvalue weighted by atomic mass is 35.5. The molecule has 2 bridgehead atoms. The lowest BCUT2D eigenvalue weighted by Gasteiger charge is -2.40. The molecule has 4 rings (SSSR count). The molecule has 7 heteroatoms. The first kappa shape index (κ1) is 19.2. The number of anilines is 1. The summed E-state index contributed by atoms with van der Waals surface area (Å²) in [6.07, 6.45) is 2.23. The van der Waals surface area contributed by atoms with Crippen molar-refractivity contribution in [3.05, 3.63) is 29.3 Å². The maximum Gasteiger partial charge on any atom is 0.215 e. The van der Waals surface area contributed by atoms with Gasteiger partial charge in [-0.1, -0.05) is 31.5 Å². The maximum atomic E-state index is 13.2. The van der Waals surface area contributed by atoms with Crippen LogP contribution in [0.1, 0.15) is 33.1 Å². The normalized spacial score (nSPS) is 30.9. The van der Waals surface area contributed by atoms with E-state index >= 15 is 0 Å². The molecule has 0 unspecified atom stereocenters. The molecule has 3 fully saturated rings. The standard InChI is InChI=1S/C20H27ClN2O3S/c1-19(2)15-6-7-20(19,18(24)12-15)14-27(25,26)23-10-8-22(9-11-23)17-5-3-4-16(21)13-17/h3-5,13,15H,6-12,14H2,1-2H3/t15-,20-/m1/s1. The number of fused-ring (bicyclic) bond motifs is 2. The van der Waals surface area contributed by atoms with Crippen LogP contribution < -0.4 is 4.90 Å². The molecule has 0 N–H and O–H groups in total. The van der Waals surface area contributed by atoms with Crippen LogP contribution in [0.2, 0.25) is 5.02 Å². The quantitative estimate of drug-likeness (QED) is 0.764. The molecule has 0 spiro atoms. The van der Waals surface area contributed by atoms with Gasteiger partial charge in [0.15, 0.2) is 0 Å². The van der Waals surface area contributed by atoms with Crippen molar-refractivity contribution in [2.45, 2.75) is 33.1 Å². The summed E-state index contributed by atoms with van der Waals surface area (Å²) in [7, 11) is -3.47. The fraction of sp³-hybridized carbons (Fsp3) is 0.650. The second-order valence-electron chi connectivity index (χ2n) is 8.79. The molecule has 148 valence electrons. The van der Waals surface area contributed by atoms with E-state index in [1.54, 1.807) is 4.31 Å². The molecule has 3 aliphatic rings. The molecule has 27 heavy (non-hydrogen) atoms. The molecule has 1 saturated heterocycles. The van der Waals surface area contributed by atoms with Gasteiger partial charge in [0.25, 0.3) is 0 Å². The first-order chi connectivity index (χ1) is 12.7. The van der Waals surface area contributed by atoms with Crippen molar-refractivity contribution < 1.29 is 13.2 Å². The number of carbonyl (C=O) groups excluding carboxylic acids is 1. The first-order valence-corrected chi connectivity index (χ1v) is 11.7. The Labute approximate surface area is 166 Å². The van der Waals surface area contributed by atoms with Gasteiger partial charge < -0.3 is 4.90 Å². The van der Waals surface area contributed by atoms with E-state index in [0.29, 0.717) is 50.0 Å². The largest absolute Gasteiger partial charge is 0.369 e. The molecular formula is C20H27ClN2O3S. The molecule has 0 aromatic heterocycles. The van der Waals surface area contributed by atoms with Gasteiger partial charge in [0.1, 0.15) is 5.78 Å². The molecule has 1 aliphatic heterocycles. The van der Waals surface area contributed by atoms with E-state index in [1.165, 1.54) is 0 Å². The first-order valence-electron chi connectivity index (χ1n) is 9.67. The van der Waals surface area contributed by atoms with Crippen molar-refractivity contribution in [2.24, 2.45) is 16.7 Å². The van der Waals surface area contributed by atoms with Crippen LogP contribution in [0.5, 0.6) is 0 Å². The molecule has 0 amide bonds. The van der Waals surface area contributed by atoms with E-state index in [1.807, 2.05) is 24.3 Å². The average Bonchev–Trinajstić information content (AvgIpc) is 2.96. The Morgan fingerprint density at radius 1 is 1.19 bits per heavy atom. The van der Waals surface area contributed by atoms with Crippen LogP contribution in [-0.4, -0.2) is 50.4 Å². The number of Topliss-reactive ketones (excluding diaryl/α,β-unsaturated/α-hetero) is 1. The van der Waals surface area contributed by atoms with Crippen molar-refractivity contribution in [2.75, 3.05) is 36.8 Å². The molecule has 2 aliphatic carbocycles. The number of rotatable bonds is 4. The van der Waals surface area contributed by atoms with Gasteiger partial charge in [-0.25, -0.2) is 8.42 Å². The van der Waals surface area contributed by atoms with Gasteiger partial charge >= 0.3 is 0 Å². The van der Waals surface area contributed by atoms with Crippen LogP contribution >= 0.6 is 11.6 Å². The third-order valence-corrected chi connectivity index (χ3v) is 9.62. The van der Waals surface area contributed by atoms with Crippen molar-refractivity contribution in [1.82, 2.24) is 4.31 Å². The highest BCUT2D eigenvalue weighted by Gasteiger charge is 2.65. The number of halogens is 1. The number of carbonyl (C=O) groups is 1. The van der Waals surface area contributed by atoms with Crippen LogP contribution in [0.4, 0.5) is 5.69 Å². The highest BCUT2D eigenvalue weighted by Crippen LogP contribution is 2.64. The van der Waals surface area contributed by atoms with E-state index in [4.69, 9.17) is 11.6 Å². The number of piperazine rings is 1. The van der Waals surface area contributed by atoms with Crippen LogP contribution in [0.3, 0.4) is 0 Å². The van der Waals surface area contributed by atoms with Crippen molar-refractivity contribution in [3.8, 4) is 0 Å². The minimum Gasteiger partial charge on any atom is -0.369 e. The van der Waals surface area contributed by atoms with Gasteiger partial charge in [0.2, 0.25) is 10.0 Å². The lowest BCUT2D eigenvalue weighted by molar-refractivity contribution is -0.128. The van der Waals surface area contributed by atoms with Crippen molar-refractivity contribution in [1.29, 1.82) is 0 Å². The molecule has 1 heterocycles. The van der Waals surface area contributed by atoms with Gasteiger partial charge in [-0.2, -0.15) is 4.31 Å². The fourth-order valence-electron chi connectivity index (χ4n) is 5.41. The molecule has 2 saturated carbocycles. The summed E-state index contributed by atoms with van der Waals surface area (Å²) in [5.74, 6) is 0.462. The monoisotopic (exact) mass is 410 g/mol. The third-order valence-electron chi connectivity index (χ3n) is 7.37. The highest BCUT2D eigenvalue weighted by molar-refractivity contribution is 7.89. The fourth-order valence-corrected chi connectivity index (χ4v) is 7.79. The van der Waals surface area contributed by atoms with E-state index in [2.05, 4.69) is 18.7 Å². The average molecular weight is 411 g/mol. The van der Waals surface area contributed by atoms with Gasteiger partial charge in [-0.3, -0.25) is 4.79 Å². The number of nitrogens with zero attached hydrogens (tertiary/aromatic N) is 2. The minimum atomic E-state index is -3.47. The predicted octanol–water partition coefficient (Wildman–Crippen LogP) is 3.19. The minimum absolute atomic E-state index is 0.0283. The Morgan fingerprint density at radius 2 is 1.89 bits per heavy atom. The topological polar surface area (TPSA) is 57.7 Å². The van der Waals surface area contributed by atoms with Gasteiger partial charge in [-0.15, -0.1) is 0 Å². The lowest BCUT2D eigenvalue weighted by Crippen LogP contribution is -2.52. The number of sulfonamides is 1. The van der Waals surface area contributed by atoms with Gasteiger partial charge in [0, 0.05) is 48.7 Å². The number of ketones is 1. The van der Waals surface area contributed by atoms with Crippen LogP contribution in [0, 0.1) is 16.7 Å². The number of hydrogen-bond donors (Lipinski definition) is 0. The zero-order valence-corrected chi connectivity index (χ0v) is 17.5. The summed E-state index contributed by atoms with van der Waals surface area (Å²) in [6.45, 7) is 6.33. The SMILES string of the molecule is CC1(C)[C@@H]2CC[C@@]1(CS(=O)(=O)N1CCN(c3cccc(Cl)c3)CC1)C(=O)C2. The maximum absolute atomic E-state index is 13.2. The van der Waals surface area contributed by atoms with E-state index in [-0.39, 0.29) is 17.0 Å². The van der Waals surface area contributed by atoms with Gasteiger partial charge in [-0.05, 0) is 42.4 Å². The Hall–Kier alpha value is -1.11. The number of hydrogen-bond acceptors (Lipinski definition) is 4. The van der Waals surface area contributed by atoms with E-state index in [0.717, 1.165) is 12.1 Å². The summed E-state index contributed by atoms with van der Waals surface area (Å²) in [5, 5.41) is 0.680. The second-order valence-corrected chi connectivity index (χ2v) is 11.2. The summed E-state index contributed by atoms with van der Waals surface area (Å²) < 4.78 is 28.0. The van der Waals surface area contributed by atoms with Crippen LogP contribution in [0.15, 0.2) is 24.3 Å². The molecule has 1 aromatic rings. The smallest absolute Gasteiger partial charge is 0.215 e. The van der Waals surface area contributed by atoms with Crippen molar-refractivity contribution >= 4 is 33.1 Å². The molecule has 2 atom stereocenters. The molecule has 0 radical (unpaired) electrons. The van der Waals surface area contributed by atoms with E-state index in [9.17, 15) is 13.2 Å². The third kappa shape index (κ3) is 3.00. The predicted molar refractivity (Wildman–Crippen MR) is 108 cm³/mol. The summed E-state index contributed by atoms with van der Waals surface area (Å²) >= 11 is 6.07. The Morgan fingerprint density at radius 3 is 2.44 bits per heavy atom. The Kier molecular flexibility index (Phi) is 4.60. The zero-order chi connectivity index (χ0) is 19.4.